The van der Waals surface area contributed by atoms with E-state index in [1.165, 1.54) is 25.5 Å². The van der Waals surface area contributed by atoms with Crippen molar-refractivity contribution in [1.82, 2.24) is 16.0 Å². The highest BCUT2D eigenvalue weighted by molar-refractivity contribution is 5.97. The van der Waals surface area contributed by atoms with Crippen molar-refractivity contribution in [2.24, 2.45) is 0 Å². The van der Waals surface area contributed by atoms with Crippen molar-refractivity contribution in [3.8, 4) is 0 Å². The second-order valence-electron chi connectivity index (χ2n) is 5.19. The van der Waals surface area contributed by atoms with Crippen LogP contribution < -0.4 is 16.0 Å². The standard InChI is InChI=1S/C17H19N3O4/c1-12(20-17(23)14-7-8-24-11-14)16(22)19-10-15(21)18-9-13-5-3-2-4-6-13/h2-8,11-12H,9-10H2,1H3,(H,18,21)(H,19,22)(H,20,23)/t12-/m1/s1. The van der Waals surface area contributed by atoms with E-state index in [1.807, 2.05) is 30.3 Å². The van der Waals surface area contributed by atoms with Crippen LogP contribution in [0.15, 0.2) is 53.3 Å². The molecule has 2 aromatic rings. The number of furan rings is 1. The zero-order chi connectivity index (χ0) is 17.4. The fraction of sp³-hybridized carbons (Fsp3) is 0.235. The summed E-state index contributed by atoms with van der Waals surface area (Å²) in [6, 6.07) is 10.2. The zero-order valence-corrected chi connectivity index (χ0v) is 13.2. The predicted molar refractivity (Wildman–Crippen MR) is 86.9 cm³/mol. The van der Waals surface area contributed by atoms with Crippen molar-refractivity contribution in [3.63, 3.8) is 0 Å². The number of hydrogen-bond donors (Lipinski definition) is 3. The highest BCUT2D eigenvalue weighted by Gasteiger charge is 2.17. The Bertz CT molecular complexity index is 683. The molecule has 3 N–H and O–H groups in total. The topological polar surface area (TPSA) is 100 Å². The van der Waals surface area contributed by atoms with Crippen LogP contribution in [0.25, 0.3) is 0 Å². The molecule has 0 saturated heterocycles. The Kier molecular flexibility index (Phi) is 6.13. The summed E-state index contributed by atoms with van der Waals surface area (Å²) in [6.45, 7) is 1.77. The second-order valence-corrected chi connectivity index (χ2v) is 5.19. The average Bonchev–Trinajstić information content (AvgIpc) is 3.13. The summed E-state index contributed by atoms with van der Waals surface area (Å²) in [5, 5.41) is 7.70. The molecule has 2 rings (SSSR count). The van der Waals surface area contributed by atoms with Crippen LogP contribution >= 0.6 is 0 Å². The lowest BCUT2D eigenvalue weighted by Crippen LogP contribution is -2.47. The number of carbonyl (C=O) groups is 3. The van der Waals surface area contributed by atoms with Crippen molar-refractivity contribution in [2.45, 2.75) is 19.5 Å². The van der Waals surface area contributed by atoms with Gasteiger partial charge in [-0.2, -0.15) is 0 Å². The van der Waals surface area contributed by atoms with E-state index >= 15 is 0 Å². The van der Waals surface area contributed by atoms with E-state index in [2.05, 4.69) is 16.0 Å². The first-order chi connectivity index (χ1) is 11.6. The molecule has 0 aliphatic carbocycles. The lowest BCUT2D eigenvalue weighted by Gasteiger charge is -2.13. The largest absolute Gasteiger partial charge is 0.472 e. The minimum atomic E-state index is -0.769. The monoisotopic (exact) mass is 329 g/mol. The summed E-state index contributed by atoms with van der Waals surface area (Å²) in [4.78, 5) is 35.4. The molecule has 0 radical (unpaired) electrons. The first kappa shape index (κ1) is 17.3. The Labute approximate surface area is 139 Å². The summed E-state index contributed by atoms with van der Waals surface area (Å²) in [6.07, 6.45) is 2.66. The molecule has 0 spiro atoms. The van der Waals surface area contributed by atoms with Gasteiger partial charge in [-0.3, -0.25) is 14.4 Å². The van der Waals surface area contributed by atoms with Gasteiger partial charge in [-0.15, -0.1) is 0 Å². The molecule has 1 heterocycles. The van der Waals surface area contributed by atoms with Crippen molar-refractivity contribution < 1.29 is 18.8 Å². The molecule has 1 aromatic heterocycles. The van der Waals surface area contributed by atoms with E-state index in [9.17, 15) is 14.4 Å². The summed E-state index contributed by atoms with van der Waals surface area (Å²) in [5.41, 5.74) is 1.30. The molecular formula is C17H19N3O4. The van der Waals surface area contributed by atoms with Crippen LogP contribution in [-0.4, -0.2) is 30.3 Å². The predicted octanol–water partition coefficient (Wildman–Crippen LogP) is 0.830. The zero-order valence-electron chi connectivity index (χ0n) is 13.2. The Morgan fingerprint density at radius 3 is 2.50 bits per heavy atom. The molecule has 0 aliphatic heterocycles. The van der Waals surface area contributed by atoms with Crippen molar-refractivity contribution in [1.29, 1.82) is 0 Å². The fourth-order valence-electron chi connectivity index (χ4n) is 1.92. The van der Waals surface area contributed by atoms with Crippen LogP contribution in [0.2, 0.25) is 0 Å². The van der Waals surface area contributed by atoms with Gasteiger partial charge in [0, 0.05) is 6.54 Å². The van der Waals surface area contributed by atoms with E-state index in [-0.39, 0.29) is 12.5 Å². The molecule has 1 atom stereocenters. The molecule has 0 saturated carbocycles. The number of rotatable bonds is 7. The minimum absolute atomic E-state index is 0.155. The summed E-state index contributed by atoms with van der Waals surface area (Å²) in [5.74, 6) is -1.16. The lowest BCUT2D eigenvalue weighted by atomic mass is 10.2. The third kappa shape index (κ3) is 5.28. The SMILES string of the molecule is C[C@@H](NC(=O)c1ccoc1)C(=O)NCC(=O)NCc1ccccc1. The van der Waals surface area contributed by atoms with Crippen molar-refractivity contribution in [3.05, 3.63) is 60.1 Å². The number of nitrogens with one attached hydrogen (secondary N) is 3. The van der Waals surface area contributed by atoms with Gasteiger partial charge >= 0.3 is 0 Å². The Morgan fingerprint density at radius 2 is 1.83 bits per heavy atom. The number of hydrogen-bond acceptors (Lipinski definition) is 4. The molecular weight excluding hydrogens is 310 g/mol. The summed E-state index contributed by atoms with van der Waals surface area (Å²) < 4.78 is 4.81. The molecule has 0 aliphatic rings. The third-order valence-electron chi connectivity index (χ3n) is 3.28. The number of benzene rings is 1. The maximum absolute atomic E-state index is 11.9. The van der Waals surface area contributed by atoms with Crippen LogP contribution in [-0.2, 0) is 16.1 Å². The van der Waals surface area contributed by atoms with Crippen molar-refractivity contribution >= 4 is 17.7 Å². The minimum Gasteiger partial charge on any atom is -0.472 e. The normalized spacial score (nSPS) is 11.4. The fourth-order valence-corrected chi connectivity index (χ4v) is 1.92. The van der Waals surface area contributed by atoms with Crippen LogP contribution in [0.5, 0.6) is 0 Å². The van der Waals surface area contributed by atoms with E-state index in [0.29, 0.717) is 12.1 Å². The molecule has 7 nitrogen and oxygen atoms in total. The molecule has 3 amide bonds. The Morgan fingerprint density at radius 1 is 1.08 bits per heavy atom. The molecule has 126 valence electrons. The Hall–Kier alpha value is -3.09. The average molecular weight is 329 g/mol. The lowest BCUT2D eigenvalue weighted by molar-refractivity contribution is -0.127. The number of carbonyl (C=O) groups excluding carboxylic acids is 3. The quantitative estimate of drug-likeness (QED) is 0.700. The van der Waals surface area contributed by atoms with Gasteiger partial charge in [0.25, 0.3) is 5.91 Å². The van der Waals surface area contributed by atoms with Gasteiger partial charge in [0.1, 0.15) is 12.3 Å². The maximum atomic E-state index is 11.9. The maximum Gasteiger partial charge on any atom is 0.255 e. The molecule has 0 bridgehead atoms. The van der Waals surface area contributed by atoms with E-state index < -0.39 is 17.9 Å². The highest BCUT2D eigenvalue weighted by atomic mass is 16.3. The van der Waals surface area contributed by atoms with Crippen LogP contribution in [0, 0.1) is 0 Å². The van der Waals surface area contributed by atoms with Crippen LogP contribution in [0.4, 0.5) is 0 Å². The van der Waals surface area contributed by atoms with Crippen LogP contribution in [0.3, 0.4) is 0 Å². The first-order valence-electron chi connectivity index (χ1n) is 7.47. The smallest absolute Gasteiger partial charge is 0.255 e. The Balaban J connectivity index is 1.69. The number of amides is 3. The van der Waals surface area contributed by atoms with E-state index in [0.717, 1.165) is 5.56 Å². The molecule has 0 unspecified atom stereocenters. The second kappa shape index (κ2) is 8.52. The third-order valence-corrected chi connectivity index (χ3v) is 3.28. The van der Waals surface area contributed by atoms with Gasteiger partial charge in [-0.1, -0.05) is 30.3 Å². The molecule has 7 heteroatoms. The van der Waals surface area contributed by atoms with Crippen LogP contribution in [0.1, 0.15) is 22.8 Å². The van der Waals surface area contributed by atoms with E-state index in [1.54, 1.807) is 0 Å². The van der Waals surface area contributed by atoms with Gasteiger partial charge in [0.15, 0.2) is 0 Å². The molecule has 1 aromatic carbocycles. The summed E-state index contributed by atoms with van der Waals surface area (Å²) in [7, 11) is 0. The van der Waals surface area contributed by atoms with Crippen molar-refractivity contribution in [2.75, 3.05) is 6.54 Å². The van der Waals surface area contributed by atoms with Gasteiger partial charge < -0.3 is 20.4 Å². The first-order valence-corrected chi connectivity index (χ1v) is 7.47. The van der Waals surface area contributed by atoms with Gasteiger partial charge in [-0.25, -0.2) is 0 Å². The summed E-state index contributed by atoms with van der Waals surface area (Å²) >= 11 is 0. The van der Waals surface area contributed by atoms with Gasteiger partial charge in [0.05, 0.1) is 18.4 Å². The highest BCUT2D eigenvalue weighted by Crippen LogP contribution is 2.00. The van der Waals surface area contributed by atoms with Gasteiger partial charge in [0.2, 0.25) is 11.8 Å². The molecule has 24 heavy (non-hydrogen) atoms. The van der Waals surface area contributed by atoms with Gasteiger partial charge in [-0.05, 0) is 18.6 Å². The molecule has 0 fully saturated rings. The van der Waals surface area contributed by atoms with E-state index in [4.69, 9.17) is 4.42 Å².